The number of anilines is 1. The lowest BCUT2D eigenvalue weighted by Gasteiger charge is -2.55. The normalized spacial score (nSPS) is 28.4. The van der Waals surface area contributed by atoms with E-state index >= 15 is 0 Å². The molecule has 1 aromatic carbocycles. The maximum atomic E-state index is 13.5. The fourth-order valence-corrected chi connectivity index (χ4v) is 12.2. The summed E-state index contributed by atoms with van der Waals surface area (Å²) >= 11 is 0. The fourth-order valence-electron chi connectivity index (χ4n) is 12.2. The molecule has 2 saturated heterocycles. The summed E-state index contributed by atoms with van der Waals surface area (Å²) in [5.74, 6) is 1.23. The Kier molecular flexibility index (Phi) is 13.6. The van der Waals surface area contributed by atoms with Crippen molar-refractivity contribution in [3.8, 4) is 0 Å². The van der Waals surface area contributed by atoms with Crippen molar-refractivity contribution in [1.29, 1.82) is 0 Å². The van der Waals surface area contributed by atoms with Crippen molar-refractivity contribution in [2.45, 2.75) is 142 Å². The Balaban J connectivity index is 0.891. The number of amides is 2. The number of nitrogens with zero attached hydrogens (tertiary/aromatic N) is 4. The topological polar surface area (TPSA) is 117 Å². The molecule has 0 unspecified atom stereocenters. The third-order valence-corrected chi connectivity index (χ3v) is 15.4. The maximum absolute atomic E-state index is 13.5. The zero-order valence-electron chi connectivity index (χ0n) is 38.2. The molecule has 11 heteroatoms. The fraction of sp³-hybridized carbons (Fsp3) is 0.700. The van der Waals surface area contributed by atoms with Crippen LogP contribution in [0.25, 0.3) is 0 Å². The number of Topliss-reactive ketones (excluding diaryl/α,β-unsaturated/α-hetero) is 1. The van der Waals surface area contributed by atoms with Gasteiger partial charge in [-0.05, 0) is 145 Å². The van der Waals surface area contributed by atoms with Gasteiger partial charge in [0.2, 0.25) is 5.91 Å². The zero-order chi connectivity index (χ0) is 43.7. The van der Waals surface area contributed by atoms with E-state index in [2.05, 4.69) is 52.9 Å². The van der Waals surface area contributed by atoms with Crippen molar-refractivity contribution >= 4 is 35.2 Å². The number of ether oxygens (including phenoxy) is 2. The van der Waals surface area contributed by atoms with Crippen LogP contribution >= 0.6 is 0 Å². The van der Waals surface area contributed by atoms with E-state index in [1.165, 1.54) is 29.2 Å². The maximum Gasteiger partial charge on any atom is 0.410 e. The van der Waals surface area contributed by atoms with E-state index < -0.39 is 22.6 Å². The molecule has 2 heterocycles. The first-order valence-corrected chi connectivity index (χ1v) is 23.4. The summed E-state index contributed by atoms with van der Waals surface area (Å²) in [7, 11) is 2.13. The molecule has 61 heavy (non-hydrogen) atoms. The molecule has 7 rings (SSSR count). The molecule has 2 amide bonds. The van der Waals surface area contributed by atoms with Gasteiger partial charge in [-0.15, -0.1) is 0 Å². The summed E-state index contributed by atoms with van der Waals surface area (Å²) in [6.45, 7) is 17.7. The monoisotopic (exact) mass is 841 g/mol. The van der Waals surface area contributed by atoms with Crippen molar-refractivity contribution in [3.05, 3.63) is 52.6 Å². The van der Waals surface area contributed by atoms with Gasteiger partial charge < -0.3 is 24.2 Å². The van der Waals surface area contributed by atoms with Gasteiger partial charge in [-0.2, -0.15) is 0 Å². The van der Waals surface area contributed by atoms with Crippen LogP contribution in [-0.4, -0.2) is 115 Å². The molecule has 1 aromatic rings. The first kappa shape index (κ1) is 45.0. The Morgan fingerprint density at radius 1 is 0.852 bits per heavy atom. The summed E-state index contributed by atoms with van der Waals surface area (Å²) < 4.78 is 11.7. The molecule has 2 aliphatic heterocycles. The molecule has 0 N–H and O–H groups in total. The minimum absolute atomic E-state index is 0.0513. The van der Waals surface area contributed by atoms with Gasteiger partial charge in [0.15, 0.2) is 17.2 Å². The van der Waals surface area contributed by atoms with Gasteiger partial charge >= 0.3 is 12.1 Å². The van der Waals surface area contributed by atoms with Crippen LogP contribution in [0, 0.1) is 23.2 Å². The van der Waals surface area contributed by atoms with Crippen LogP contribution < -0.4 is 4.90 Å². The highest BCUT2D eigenvalue weighted by Crippen LogP contribution is 2.68. The smallest absolute Gasteiger partial charge is 0.410 e. The first-order valence-electron chi connectivity index (χ1n) is 23.4. The highest BCUT2D eigenvalue weighted by molar-refractivity contribution is 5.93. The van der Waals surface area contributed by atoms with Crippen molar-refractivity contribution in [2.75, 3.05) is 64.3 Å². The summed E-state index contributed by atoms with van der Waals surface area (Å²) in [4.78, 5) is 72.8. The van der Waals surface area contributed by atoms with Gasteiger partial charge in [-0.3, -0.25) is 24.1 Å². The number of hydrogen-bond acceptors (Lipinski definition) is 9. The van der Waals surface area contributed by atoms with Gasteiger partial charge in [-0.25, -0.2) is 4.79 Å². The van der Waals surface area contributed by atoms with Crippen molar-refractivity contribution in [3.63, 3.8) is 0 Å². The number of ketones is 2. The predicted molar refractivity (Wildman–Crippen MR) is 237 cm³/mol. The SMILES string of the molecule is CC(=O)O[C@]1(C(C)=O)CC[C@H]2[C@@H]3CCC4=CC(=O)CCC4=C3[C@@H](c3ccc(N(C)CCCCCC(=O)N4CCC(CN5CCN(C(=O)OC(C)(C)C)CC5)CC4)cc3)C[C@@]21C. The molecule has 0 spiro atoms. The molecule has 0 radical (unpaired) electrons. The molecule has 11 nitrogen and oxygen atoms in total. The number of benzene rings is 1. The molecular formula is C50H72N4O7. The third-order valence-electron chi connectivity index (χ3n) is 15.4. The number of piperazine rings is 1. The zero-order valence-corrected chi connectivity index (χ0v) is 38.2. The lowest BCUT2D eigenvalue weighted by atomic mass is 9.50. The lowest BCUT2D eigenvalue weighted by Crippen LogP contribution is -2.57. The minimum Gasteiger partial charge on any atom is -0.451 e. The largest absolute Gasteiger partial charge is 0.451 e. The van der Waals surface area contributed by atoms with Crippen LogP contribution in [0.5, 0.6) is 0 Å². The Hall–Kier alpha value is -3.99. The molecule has 0 aromatic heterocycles. The second-order valence-corrected chi connectivity index (χ2v) is 20.4. The van der Waals surface area contributed by atoms with E-state index in [1.54, 1.807) is 6.92 Å². The van der Waals surface area contributed by atoms with Crippen LogP contribution in [0.2, 0.25) is 0 Å². The number of fused-ring (bicyclic) bond motifs is 4. The van der Waals surface area contributed by atoms with Crippen molar-refractivity contribution in [2.24, 2.45) is 23.2 Å². The van der Waals surface area contributed by atoms with Gasteiger partial charge in [0, 0.05) is 96.2 Å². The van der Waals surface area contributed by atoms with Crippen molar-refractivity contribution in [1.82, 2.24) is 14.7 Å². The number of piperidine rings is 1. The number of carbonyl (C=O) groups is 5. The quantitative estimate of drug-likeness (QED) is 0.152. The van der Waals surface area contributed by atoms with E-state index in [0.717, 1.165) is 109 Å². The number of esters is 1. The summed E-state index contributed by atoms with van der Waals surface area (Å²) in [5.41, 5.74) is 4.30. The van der Waals surface area contributed by atoms with Crippen LogP contribution in [0.15, 0.2) is 47.1 Å². The predicted octanol–water partition coefficient (Wildman–Crippen LogP) is 8.26. The van der Waals surface area contributed by atoms with Gasteiger partial charge in [0.1, 0.15) is 5.60 Å². The van der Waals surface area contributed by atoms with E-state index in [4.69, 9.17) is 9.47 Å². The Labute approximate surface area is 364 Å². The molecule has 6 aliphatic rings. The molecule has 334 valence electrons. The summed E-state index contributed by atoms with van der Waals surface area (Å²) in [6, 6.07) is 8.93. The number of likely N-dealkylation sites (tertiary alicyclic amines) is 1. The summed E-state index contributed by atoms with van der Waals surface area (Å²) in [6.07, 6.45) is 12.5. The number of hydrogen-bond donors (Lipinski definition) is 0. The molecular weight excluding hydrogens is 769 g/mol. The Morgan fingerprint density at radius 3 is 2.21 bits per heavy atom. The van der Waals surface area contributed by atoms with Crippen LogP contribution in [-0.2, 0) is 28.7 Å². The molecule has 4 fully saturated rings. The van der Waals surface area contributed by atoms with Crippen LogP contribution in [0.3, 0.4) is 0 Å². The van der Waals surface area contributed by atoms with Gasteiger partial charge in [0.25, 0.3) is 0 Å². The number of allylic oxidation sites excluding steroid dienone is 4. The van der Waals surface area contributed by atoms with E-state index in [-0.39, 0.29) is 41.3 Å². The molecule has 0 bridgehead atoms. The highest BCUT2D eigenvalue weighted by Gasteiger charge is 2.67. The highest BCUT2D eigenvalue weighted by atomic mass is 16.6. The number of unbranched alkanes of at least 4 members (excludes halogenated alkanes) is 2. The van der Waals surface area contributed by atoms with E-state index in [1.807, 2.05) is 31.7 Å². The average Bonchev–Trinajstić information content (AvgIpc) is 3.51. The summed E-state index contributed by atoms with van der Waals surface area (Å²) in [5, 5.41) is 0. The molecule has 5 atom stereocenters. The second kappa shape index (κ2) is 18.4. The molecule has 4 aliphatic carbocycles. The standard InChI is InChI=1S/C50H72N4O7/c1-34(55)50(60-35(2)56)23-20-44-42-18-14-38-31-40(57)17-19-41(38)46(42)43(32-49(44,50)6)37-12-15-39(16-13-37)51(7)24-10-8-9-11-45(58)53-25-21-36(22-26-53)33-52-27-29-54(30-28-52)47(59)61-48(3,4)5/h12-13,15-16,31,36,42-44H,8-11,14,17-30,32-33H2,1-7H3/t42-,43+,44-,49-,50-/m0/s1. The number of carbonyl (C=O) groups excluding carboxylic acids is 5. The number of rotatable bonds is 12. The van der Waals surface area contributed by atoms with E-state index in [9.17, 15) is 24.0 Å². The minimum atomic E-state index is -1.12. The van der Waals surface area contributed by atoms with Gasteiger partial charge in [-0.1, -0.05) is 31.1 Å². The molecule has 2 saturated carbocycles. The lowest BCUT2D eigenvalue weighted by molar-refractivity contribution is -0.182. The Bertz CT molecular complexity index is 1880. The first-order chi connectivity index (χ1) is 29.0. The average molecular weight is 841 g/mol. The van der Waals surface area contributed by atoms with Gasteiger partial charge in [0.05, 0.1) is 0 Å². The van der Waals surface area contributed by atoms with Crippen molar-refractivity contribution < 1.29 is 33.4 Å². The second-order valence-electron chi connectivity index (χ2n) is 20.4. The van der Waals surface area contributed by atoms with Crippen LogP contribution in [0.4, 0.5) is 10.5 Å². The Morgan fingerprint density at radius 2 is 1.56 bits per heavy atom. The third kappa shape index (κ3) is 9.67. The van der Waals surface area contributed by atoms with E-state index in [0.29, 0.717) is 38.3 Å². The van der Waals surface area contributed by atoms with Crippen LogP contribution in [0.1, 0.15) is 136 Å².